The van der Waals surface area contributed by atoms with Gasteiger partial charge in [-0.05, 0) is 35.9 Å². The normalized spacial score (nSPS) is 10.8. The van der Waals surface area contributed by atoms with Crippen molar-refractivity contribution in [3.05, 3.63) is 35.6 Å². The van der Waals surface area contributed by atoms with E-state index in [2.05, 4.69) is 13.8 Å². The molecule has 0 aliphatic carbocycles. The van der Waals surface area contributed by atoms with Crippen LogP contribution in [0.4, 0.5) is 4.39 Å². The zero-order chi connectivity index (χ0) is 12.0. The van der Waals surface area contributed by atoms with Gasteiger partial charge in [-0.2, -0.15) is 11.8 Å². The summed E-state index contributed by atoms with van der Waals surface area (Å²) in [4.78, 5) is 11.7. The van der Waals surface area contributed by atoms with Crippen molar-refractivity contribution in [1.82, 2.24) is 0 Å². The highest BCUT2D eigenvalue weighted by Crippen LogP contribution is 2.12. The monoisotopic (exact) mass is 240 g/mol. The average Bonchev–Trinajstić information content (AvgIpc) is 2.25. The van der Waals surface area contributed by atoms with Crippen molar-refractivity contribution in [3.63, 3.8) is 0 Å². The van der Waals surface area contributed by atoms with Gasteiger partial charge in [-0.15, -0.1) is 0 Å². The first-order chi connectivity index (χ1) is 7.59. The molecule has 0 saturated heterocycles. The summed E-state index contributed by atoms with van der Waals surface area (Å²) in [6, 6.07) is 5.75. The van der Waals surface area contributed by atoms with Crippen molar-refractivity contribution >= 4 is 17.5 Å². The zero-order valence-corrected chi connectivity index (χ0v) is 10.5. The maximum Gasteiger partial charge on any atom is 0.163 e. The van der Waals surface area contributed by atoms with Crippen molar-refractivity contribution in [2.24, 2.45) is 5.92 Å². The summed E-state index contributed by atoms with van der Waals surface area (Å²) < 4.78 is 12.6. The number of carbonyl (C=O) groups is 1. The molecule has 1 aromatic rings. The molecule has 0 amide bonds. The molecule has 16 heavy (non-hydrogen) atoms. The van der Waals surface area contributed by atoms with Gasteiger partial charge < -0.3 is 0 Å². The fourth-order valence-electron chi connectivity index (χ4n) is 1.26. The van der Waals surface area contributed by atoms with Crippen LogP contribution in [-0.4, -0.2) is 17.3 Å². The van der Waals surface area contributed by atoms with E-state index < -0.39 is 0 Å². The first-order valence-corrected chi connectivity index (χ1v) is 6.61. The summed E-state index contributed by atoms with van der Waals surface area (Å²) in [5.74, 6) is 2.37. The number of carbonyl (C=O) groups excluding carboxylic acids is 1. The first-order valence-electron chi connectivity index (χ1n) is 5.46. The number of halogens is 1. The van der Waals surface area contributed by atoms with E-state index in [-0.39, 0.29) is 11.6 Å². The molecular formula is C13H17FOS. The van der Waals surface area contributed by atoms with Gasteiger partial charge in [0.1, 0.15) is 5.82 Å². The highest BCUT2D eigenvalue weighted by atomic mass is 32.2. The molecule has 0 unspecified atom stereocenters. The summed E-state index contributed by atoms with van der Waals surface area (Å²) in [5, 5.41) is 0. The molecule has 0 heterocycles. The zero-order valence-electron chi connectivity index (χ0n) is 9.70. The highest BCUT2D eigenvalue weighted by Gasteiger charge is 2.05. The molecule has 88 valence electrons. The lowest BCUT2D eigenvalue weighted by atomic mass is 10.1. The molecule has 0 spiro atoms. The number of hydrogen-bond acceptors (Lipinski definition) is 2. The van der Waals surface area contributed by atoms with Gasteiger partial charge in [-0.3, -0.25) is 4.79 Å². The Morgan fingerprint density at radius 2 is 1.94 bits per heavy atom. The number of benzene rings is 1. The van der Waals surface area contributed by atoms with Crippen LogP contribution < -0.4 is 0 Å². The van der Waals surface area contributed by atoms with Crippen LogP contribution in [0, 0.1) is 11.7 Å². The predicted molar refractivity (Wildman–Crippen MR) is 67.5 cm³/mol. The molecule has 1 aromatic carbocycles. The Morgan fingerprint density at radius 3 is 2.50 bits per heavy atom. The van der Waals surface area contributed by atoms with Crippen molar-refractivity contribution in [2.75, 3.05) is 11.5 Å². The molecule has 0 radical (unpaired) electrons. The largest absolute Gasteiger partial charge is 0.294 e. The number of rotatable bonds is 6. The van der Waals surface area contributed by atoms with E-state index in [1.807, 2.05) is 0 Å². The minimum Gasteiger partial charge on any atom is -0.294 e. The summed E-state index contributed by atoms with van der Waals surface area (Å²) in [5.41, 5.74) is 0.603. The summed E-state index contributed by atoms with van der Waals surface area (Å²) >= 11 is 1.79. The molecular weight excluding hydrogens is 223 g/mol. The maximum absolute atomic E-state index is 12.6. The third-order valence-electron chi connectivity index (χ3n) is 2.09. The van der Waals surface area contributed by atoms with Crippen LogP contribution >= 0.6 is 11.8 Å². The topological polar surface area (TPSA) is 17.1 Å². The quantitative estimate of drug-likeness (QED) is 0.556. The predicted octanol–water partition coefficient (Wildman–Crippen LogP) is 3.79. The summed E-state index contributed by atoms with van der Waals surface area (Å²) in [6.45, 7) is 4.32. The molecule has 1 rings (SSSR count). The van der Waals surface area contributed by atoms with Gasteiger partial charge in [-0.25, -0.2) is 4.39 Å². The SMILES string of the molecule is CC(C)CSCCC(=O)c1ccc(F)cc1. The Bertz CT molecular complexity index is 332. The third kappa shape index (κ3) is 4.79. The van der Waals surface area contributed by atoms with Gasteiger partial charge in [0.15, 0.2) is 5.78 Å². The van der Waals surface area contributed by atoms with E-state index in [0.29, 0.717) is 17.9 Å². The molecule has 0 aliphatic heterocycles. The lowest BCUT2D eigenvalue weighted by Crippen LogP contribution is -2.02. The molecule has 0 N–H and O–H groups in total. The van der Waals surface area contributed by atoms with Crippen LogP contribution in [0.25, 0.3) is 0 Å². The van der Waals surface area contributed by atoms with Crippen molar-refractivity contribution < 1.29 is 9.18 Å². The maximum atomic E-state index is 12.6. The second-order valence-corrected chi connectivity index (χ2v) is 5.30. The Kier molecular flexibility index (Phi) is 5.53. The number of ketones is 1. The molecule has 0 fully saturated rings. The fraction of sp³-hybridized carbons (Fsp3) is 0.462. The van der Waals surface area contributed by atoms with Gasteiger partial charge >= 0.3 is 0 Å². The average molecular weight is 240 g/mol. The lowest BCUT2D eigenvalue weighted by molar-refractivity contribution is 0.0989. The molecule has 0 atom stereocenters. The molecule has 0 bridgehead atoms. The van der Waals surface area contributed by atoms with E-state index in [1.165, 1.54) is 12.1 Å². The second kappa shape index (κ2) is 6.69. The first kappa shape index (κ1) is 13.2. The van der Waals surface area contributed by atoms with E-state index in [4.69, 9.17) is 0 Å². The Morgan fingerprint density at radius 1 is 1.31 bits per heavy atom. The van der Waals surface area contributed by atoms with E-state index in [0.717, 1.165) is 11.5 Å². The van der Waals surface area contributed by atoms with Crippen molar-refractivity contribution in [2.45, 2.75) is 20.3 Å². The molecule has 0 aliphatic rings. The fourth-order valence-corrected chi connectivity index (χ4v) is 2.23. The molecule has 0 aromatic heterocycles. The second-order valence-electron chi connectivity index (χ2n) is 4.15. The number of hydrogen-bond donors (Lipinski definition) is 0. The van der Waals surface area contributed by atoms with Gasteiger partial charge in [0, 0.05) is 17.7 Å². The number of Topliss-reactive ketones (excluding diaryl/α,β-unsaturated/α-hetero) is 1. The number of thioether (sulfide) groups is 1. The van der Waals surface area contributed by atoms with Crippen LogP contribution in [0.1, 0.15) is 30.6 Å². The Balaban J connectivity index is 2.32. The van der Waals surface area contributed by atoms with Gasteiger partial charge in [0.05, 0.1) is 0 Å². The van der Waals surface area contributed by atoms with E-state index >= 15 is 0 Å². The summed E-state index contributed by atoms with van der Waals surface area (Å²) in [6.07, 6.45) is 0.531. The molecule has 1 nitrogen and oxygen atoms in total. The summed E-state index contributed by atoms with van der Waals surface area (Å²) in [7, 11) is 0. The van der Waals surface area contributed by atoms with Crippen molar-refractivity contribution in [1.29, 1.82) is 0 Å². The van der Waals surface area contributed by atoms with Gasteiger partial charge in [0.25, 0.3) is 0 Å². The van der Waals surface area contributed by atoms with Crippen LogP contribution in [0.2, 0.25) is 0 Å². The molecule has 0 saturated carbocycles. The smallest absolute Gasteiger partial charge is 0.163 e. The Hall–Kier alpha value is -0.830. The van der Waals surface area contributed by atoms with E-state index in [1.54, 1.807) is 23.9 Å². The van der Waals surface area contributed by atoms with E-state index in [9.17, 15) is 9.18 Å². The standard InChI is InChI=1S/C13H17FOS/c1-10(2)9-16-8-7-13(15)11-3-5-12(14)6-4-11/h3-6,10H,7-9H2,1-2H3. The van der Waals surface area contributed by atoms with Crippen LogP contribution in [0.3, 0.4) is 0 Å². The van der Waals surface area contributed by atoms with Crippen LogP contribution in [0.5, 0.6) is 0 Å². The van der Waals surface area contributed by atoms with Crippen molar-refractivity contribution in [3.8, 4) is 0 Å². The third-order valence-corrected chi connectivity index (χ3v) is 3.49. The van der Waals surface area contributed by atoms with Gasteiger partial charge in [0.2, 0.25) is 0 Å². The highest BCUT2D eigenvalue weighted by molar-refractivity contribution is 7.99. The minimum atomic E-state index is -0.300. The minimum absolute atomic E-state index is 0.0938. The van der Waals surface area contributed by atoms with Gasteiger partial charge in [-0.1, -0.05) is 13.8 Å². The molecule has 3 heteroatoms. The van der Waals surface area contributed by atoms with Crippen LogP contribution in [-0.2, 0) is 0 Å². The lowest BCUT2D eigenvalue weighted by Gasteiger charge is -2.04. The van der Waals surface area contributed by atoms with Crippen LogP contribution in [0.15, 0.2) is 24.3 Å². The Labute approximate surface area is 100 Å².